The number of alkyl halides is 1. The topological polar surface area (TPSA) is 38.2 Å². The van der Waals surface area contributed by atoms with Gasteiger partial charge in [-0.1, -0.05) is 29.8 Å². The lowest BCUT2D eigenvalue weighted by molar-refractivity contribution is 0.304. The maximum Gasteiger partial charge on any atom is 0.234 e. The minimum atomic E-state index is 0.501. The maximum atomic E-state index is 5.54. The number of anilines is 1. The normalized spacial score (nSPS) is 23.4. The fraction of sp³-hybridized carbons (Fsp3) is 0.692. The largest absolute Gasteiger partial charge is 0.477 e. The summed E-state index contributed by atoms with van der Waals surface area (Å²) in [5.41, 5.74) is 0. The maximum absolute atomic E-state index is 5.54. The van der Waals surface area contributed by atoms with Crippen molar-refractivity contribution >= 4 is 21.7 Å². The van der Waals surface area contributed by atoms with E-state index >= 15 is 0 Å². The molecule has 0 saturated carbocycles. The van der Waals surface area contributed by atoms with Crippen molar-refractivity contribution in [1.29, 1.82) is 0 Å². The Balaban J connectivity index is 2.12. The fourth-order valence-corrected chi connectivity index (χ4v) is 3.27. The van der Waals surface area contributed by atoms with Crippen molar-refractivity contribution in [3.05, 3.63) is 12.4 Å². The Morgan fingerprint density at radius 2 is 2.33 bits per heavy atom. The molecule has 2 heterocycles. The lowest BCUT2D eigenvalue weighted by Gasteiger charge is -2.26. The predicted molar refractivity (Wildman–Crippen MR) is 76.5 cm³/mol. The molecular weight excluding hydrogens is 294 g/mol. The lowest BCUT2D eigenvalue weighted by Crippen LogP contribution is -2.34. The molecule has 1 aromatic rings. The number of rotatable bonds is 5. The van der Waals surface area contributed by atoms with Gasteiger partial charge in [0.25, 0.3) is 0 Å². The predicted octanol–water partition coefficient (Wildman–Crippen LogP) is 2.88. The van der Waals surface area contributed by atoms with Gasteiger partial charge in [0, 0.05) is 17.9 Å². The number of aromatic nitrogens is 2. The Kier molecular flexibility index (Phi) is 4.80. The summed E-state index contributed by atoms with van der Waals surface area (Å²) in [7, 11) is 0. The molecule has 1 aliphatic heterocycles. The lowest BCUT2D eigenvalue weighted by atomic mass is 10.1. The van der Waals surface area contributed by atoms with Gasteiger partial charge in [0.05, 0.1) is 19.0 Å². The molecule has 1 saturated heterocycles. The first-order valence-corrected chi connectivity index (χ1v) is 7.65. The zero-order chi connectivity index (χ0) is 13.0. The highest BCUT2D eigenvalue weighted by atomic mass is 79.9. The first-order valence-electron chi connectivity index (χ1n) is 6.53. The van der Waals surface area contributed by atoms with Crippen LogP contribution in [-0.4, -0.2) is 34.5 Å². The van der Waals surface area contributed by atoms with Gasteiger partial charge in [-0.3, -0.25) is 4.98 Å². The minimum absolute atomic E-state index is 0.501. The molecule has 0 aliphatic carbocycles. The Labute approximate surface area is 117 Å². The quantitative estimate of drug-likeness (QED) is 0.783. The highest BCUT2D eigenvalue weighted by Crippen LogP contribution is 2.29. The summed E-state index contributed by atoms with van der Waals surface area (Å²) in [6.07, 6.45) is 5.70. The van der Waals surface area contributed by atoms with E-state index in [2.05, 4.69) is 44.6 Å². The Morgan fingerprint density at radius 1 is 1.50 bits per heavy atom. The van der Waals surface area contributed by atoms with Crippen LogP contribution in [0.5, 0.6) is 5.88 Å². The summed E-state index contributed by atoms with van der Waals surface area (Å²) in [6, 6.07) is 0.501. The van der Waals surface area contributed by atoms with Crippen LogP contribution in [-0.2, 0) is 0 Å². The fourth-order valence-electron chi connectivity index (χ4n) is 2.28. The monoisotopic (exact) mass is 313 g/mol. The van der Waals surface area contributed by atoms with Crippen molar-refractivity contribution in [3.63, 3.8) is 0 Å². The highest BCUT2D eigenvalue weighted by Gasteiger charge is 2.31. The first-order chi connectivity index (χ1) is 8.76. The molecule has 0 N–H and O–H groups in total. The van der Waals surface area contributed by atoms with Crippen LogP contribution in [0.2, 0.25) is 0 Å². The number of halogens is 1. The van der Waals surface area contributed by atoms with E-state index < -0.39 is 0 Å². The number of hydrogen-bond donors (Lipinski definition) is 0. The molecule has 1 aliphatic rings. The third-order valence-corrected chi connectivity index (χ3v) is 4.05. The van der Waals surface area contributed by atoms with Crippen LogP contribution in [0.1, 0.15) is 26.7 Å². The van der Waals surface area contributed by atoms with Crippen molar-refractivity contribution < 1.29 is 4.74 Å². The second-order valence-electron chi connectivity index (χ2n) is 4.74. The molecule has 0 spiro atoms. The average molecular weight is 314 g/mol. The Bertz CT molecular complexity index is 388. The van der Waals surface area contributed by atoms with Crippen LogP contribution in [0.4, 0.5) is 5.82 Å². The van der Waals surface area contributed by atoms with Crippen molar-refractivity contribution in [3.8, 4) is 5.88 Å². The second-order valence-corrected chi connectivity index (χ2v) is 5.39. The minimum Gasteiger partial charge on any atom is -0.477 e. The van der Waals surface area contributed by atoms with Gasteiger partial charge in [-0.15, -0.1) is 0 Å². The number of hydrogen-bond acceptors (Lipinski definition) is 4. The third-order valence-electron chi connectivity index (χ3n) is 3.39. The van der Waals surface area contributed by atoms with Gasteiger partial charge in [0.2, 0.25) is 5.88 Å². The molecular formula is C13H20BrN3O. The highest BCUT2D eigenvalue weighted by molar-refractivity contribution is 9.09. The van der Waals surface area contributed by atoms with E-state index in [0.717, 1.165) is 24.1 Å². The van der Waals surface area contributed by atoms with Gasteiger partial charge in [0.1, 0.15) is 0 Å². The molecule has 1 fully saturated rings. The van der Waals surface area contributed by atoms with Crippen LogP contribution in [0.25, 0.3) is 0 Å². The van der Waals surface area contributed by atoms with E-state index in [-0.39, 0.29) is 0 Å². The Morgan fingerprint density at radius 3 is 3.06 bits per heavy atom. The van der Waals surface area contributed by atoms with E-state index in [9.17, 15) is 0 Å². The summed E-state index contributed by atoms with van der Waals surface area (Å²) in [5.74, 6) is 2.24. The molecule has 18 heavy (non-hydrogen) atoms. The molecule has 2 rings (SSSR count). The van der Waals surface area contributed by atoms with Crippen LogP contribution >= 0.6 is 15.9 Å². The molecule has 0 bridgehead atoms. The van der Waals surface area contributed by atoms with Crippen LogP contribution in [0, 0.1) is 5.92 Å². The summed E-state index contributed by atoms with van der Waals surface area (Å²) in [6.45, 7) is 6.11. The van der Waals surface area contributed by atoms with E-state index in [1.807, 2.05) is 6.20 Å². The number of ether oxygens (including phenoxy) is 1. The molecule has 0 radical (unpaired) electrons. The molecule has 5 heteroatoms. The van der Waals surface area contributed by atoms with E-state index in [4.69, 9.17) is 4.74 Å². The zero-order valence-electron chi connectivity index (χ0n) is 11.0. The van der Waals surface area contributed by atoms with Gasteiger partial charge in [-0.2, -0.15) is 4.98 Å². The summed E-state index contributed by atoms with van der Waals surface area (Å²) >= 11 is 3.59. The average Bonchev–Trinajstić information content (AvgIpc) is 2.77. The van der Waals surface area contributed by atoms with Gasteiger partial charge >= 0.3 is 0 Å². The van der Waals surface area contributed by atoms with Gasteiger partial charge in [0.15, 0.2) is 5.82 Å². The molecule has 2 atom stereocenters. The van der Waals surface area contributed by atoms with Crippen LogP contribution in [0.3, 0.4) is 0 Å². The third kappa shape index (κ3) is 2.94. The SMILES string of the molecule is CCCOc1cncc(N2CCC(C)C2CBr)n1. The standard InChI is InChI=1S/C13H20BrN3O/c1-3-6-18-13-9-15-8-12(16-13)17-5-4-10(2)11(17)7-14/h8-11H,3-7H2,1-2H3. The zero-order valence-corrected chi connectivity index (χ0v) is 12.6. The molecule has 1 aromatic heterocycles. The molecule has 0 amide bonds. The van der Waals surface area contributed by atoms with Crippen molar-refractivity contribution in [1.82, 2.24) is 9.97 Å². The van der Waals surface area contributed by atoms with Crippen LogP contribution in [0.15, 0.2) is 12.4 Å². The molecule has 100 valence electrons. The smallest absolute Gasteiger partial charge is 0.234 e. The van der Waals surface area contributed by atoms with Crippen molar-refractivity contribution in [2.75, 3.05) is 23.4 Å². The molecule has 0 aromatic carbocycles. The van der Waals surface area contributed by atoms with Gasteiger partial charge in [-0.25, -0.2) is 0 Å². The summed E-state index contributed by atoms with van der Waals surface area (Å²) in [4.78, 5) is 11.1. The van der Waals surface area contributed by atoms with Crippen LogP contribution < -0.4 is 9.64 Å². The van der Waals surface area contributed by atoms with Gasteiger partial charge < -0.3 is 9.64 Å². The summed E-state index contributed by atoms with van der Waals surface area (Å²) < 4.78 is 5.54. The van der Waals surface area contributed by atoms with E-state index in [1.165, 1.54) is 6.42 Å². The number of nitrogens with zero attached hydrogens (tertiary/aromatic N) is 3. The van der Waals surface area contributed by atoms with Crippen molar-refractivity contribution in [2.45, 2.75) is 32.7 Å². The van der Waals surface area contributed by atoms with Gasteiger partial charge in [-0.05, 0) is 18.8 Å². The Hall–Kier alpha value is -0.840. The van der Waals surface area contributed by atoms with E-state index in [1.54, 1.807) is 6.20 Å². The second kappa shape index (κ2) is 6.36. The molecule has 4 nitrogen and oxygen atoms in total. The first kappa shape index (κ1) is 13.6. The molecule has 2 unspecified atom stereocenters. The van der Waals surface area contributed by atoms with E-state index in [0.29, 0.717) is 24.4 Å². The van der Waals surface area contributed by atoms with Crippen molar-refractivity contribution in [2.24, 2.45) is 5.92 Å². The summed E-state index contributed by atoms with van der Waals surface area (Å²) in [5, 5.41) is 0.968.